The van der Waals surface area contributed by atoms with Crippen LogP contribution in [0, 0.1) is 5.92 Å². The Morgan fingerprint density at radius 1 is 1.37 bits per heavy atom. The number of hydrogen-bond donors (Lipinski definition) is 3. The van der Waals surface area contributed by atoms with Crippen molar-refractivity contribution in [3.05, 3.63) is 24.3 Å². The number of hydrogen-bond acceptors (Lipinski definition) is 4. The first-order valence-electron chi connectivity index (χ1n) is 6.41. The Labute approximate surface area is 113 Å². The Balaban J connectivity index is 2.29. The summed E-state index contributed by atoms with van der Waals surface area (Å²) in [4.78, 5) is 11.6. The van der Waals surface area contributed by atoms with E-state index in [2.05, 4.69) is 5.32 Å². The van der Waals surface area contributed by atoms with Crippen molar-refractivity contribution >= 4 is 11.6 Å². The summed E-state index contributed by atoms with van der Waals surface area (Å²) in [5.41, 5.74) is 6.23. The van der Waals surface area contributed by atoms with Crippen molar-refractivity contribution < 1.29 is 14.6 Å². The summed E-state index contributed by atoms with van der Waals surface area (Å²) in [6.07, 6.45) is 0.258. The van der Waals surface area contributed by atoms with Crippen LogP contribution in [0.1, 0.15) is 20.3 Å². The molecule has 4 N–H and O–H groups in total. The number of nitrogens with one attached hydrogen (secondary N) is 1. The largest absolute Gasteiger partial charge is 0.493 e. The van der Waals surface area contributed by atoms with E-state index in [1.807, 2.05) is 13.8 Å². The average molecular weight is 266 g/mol. The van der Waals surface area contributed by atoms with Gasteiger partial charge in [0.15, 0.2) is 0 Å². The first kappa shape index (κ1) is 15.3. The number of amides is 1. The predicted octanol–water partition coefficient (Wildman–Crippen LogP) is 1.17. The predicted molar refractivity (Wildman–Crippen MR) is 74.8 cm³/mol. The second kappa shape index (κ2) is 7.63. The van der Waals surface area contributed by atoms with Crippen LogP contribution in [0.4, 0.5) is 5.69 Å². The number of rotatable bonds is 7. The summed E-state index contributed by atoms with van der Waals surface area (Å²) in [6, 6.07) is 6.81. The number of carbonyl (C=O) groups excluding carboxylic acids is 1. The Morgan fingerprint density at radius 3 is 2.53 bits per heavy atom. The second-order valence-electron chi connectivity index (χ2n) is 4.77. The minimum absolute atomic E-state index is 0.0533. The highest BCUT2D eigenvalue weighted by Crippen LogP contribution is 2.13. The van der Waals surface area contributed by atoms with Crippen molar-refractivity contribution in [2.45, 2.75) is 26.3 Å². The lowest BCUT2D eigenvalue weighted by Crippen LogP contribution is -2.41. The van der Waals surface area contributed by atoms with Gasteiger partial charge in [-0.3, -0.25) is 4.79 Å². The van der Waals surface area contributed by atoms with E-state index in [0.717, 1.165) is 0 Å². The molecule has 1 amide bonds. The maximum absolute atomic E-state index is 11.6. The number of aliphatic hydroxyl groups excluding tert-OH is 1. The number of carbonyl (C=O) groups is 1. The van der Waals surface area contributed by atoms with Gasteiger partial charge in [0.25, 0.3) is 0 Å². The standard InChI is InChI=1S/C14H22N2O3/c1-10(2)13(9-17)16-14(18)7-8-19-12-5-3-11(15)4-6-12/h3-6,10,13,17H,7-9,15H2,1-2H3,(H,16,18)/t13-/m1/s1. The van der Waals surface area contributed by atoms with Gasteiger partial charge in [0.05, 0.1) is 25.7 Å². The first-order valence-corrected chi connectivity index (χ1v) is 6.41. The summed E-state index contributed by atoms with van der Waals surface area (Å²) >= 11 is 0. The third-order valence-electron chi connectivity index (χ3n) is 2.83. The van der Waals surface area contributed by atoms with E-state index in [4.69, 9.17) is 15.6 Å². The molecule has 0 aromatic heterocycles. The maximum Gasteiger partial charge on any atom is 0.223 e. The summed E-state index contributed by atoms with van der Waals surface area (Å²) < 4.78 is 5.43. The molecule has 0 saturated heterocycles. The van der Waals surface area contributed by atoms with Crippen molar-refractivity contribution in [1.82, 2.24) is 5.32 Å². The summed E-state index contributed by atoms with van der Waals surface area (Å²) in [6.45, 7) is 4.15. The fourth-order valence-corrected chi connectivity index (χ4v) is 1.53. The third-order valence-corrected chi connectivity index (χ3v) is 2.83. The van der Waals surface area contributed by atoms with Crippen LogP contribution in [0.15, 0.2) is 24.3 Å². The van der Waals surface area contributed by atoms with Crippen LogP contribution in [-0.4, -0.2) is 30.3 Å². The molecule has 0 heterocycles. The normalized spacial score (nSPS) is 12.2. The smallest absolute Gasteiger partial charge is 0.223 e. The molecule has 1 rings (SSSR count). The van der Waals surface area contributed by atoms with Gasteiger partial charge in [-0.1, -0.05) is 13.8 Å². The molecule has 0 aliphatic carbocycles. The molecule has 0 radical (unpaired) electrons. The van der Waals surface area contributed by atoms with Gasteiger partial charge in [-0.15, -0.1) is 0 Å². The third kappa shape index (κ3) is 5.61. The zero-order chi connectivity index (χ0) is 14.3. The highest BCUT2D eigenvalue weighted by Gasteiger charge is 2.14. The molecule has 1 atom stereocenters. The highest BCUT2D eigenvalue weighted by molar-refractivity contribution is 5.76. The van der Waals surface area contributed by atoms with E-state index in [-0.39, 0.29) is 30.9 Å². The van der Waals surface area contributed by atoms with Crippen LogP contribution in [0.3, 0.4) is 0 Å². The molecule has 106 valence electrons. The fourth-order valence-electron chi connectivity index (χ4n) is 1.53. The number of aliphatic hydroxyl groups is 1. The Hall–Kier alpha value is -1.75. The molecule has 0 spiro atoms. The zero-order valence-corrected chi connectivity index (χ0v) is 11.4. The molecule has 0 fully saturated rings. The highest BCUT2D eigenvalue weighted by atomic mass is 16.5. The van der Waals surface area contributed by atoms with Gasteiger partial charge < -0.3 is 20.9 Å². The molecule has 1 aromatic rings. The number of nitrogen functional groups attached to an aromatic ring is 1. The van der Waals surface area contributed by atoms with Crippen molar-refractivity contribution in [2.75, 3.05) is 18.9 Å². The van der Waals surface area contributed by atoms with Crippen molar-refractivity contribution in [2.24, 2.45) is 5.92 Å². The first-order chi connectivity index (χ1) is 9.02. The Bertz CT molecular complexity index is 390. The van der Waals surface area contributed by atoms with Gasteiger partial charge >= 0.3 is 0 Å². The minimum Gasteiger partial charge on any atom is -0.493 e. The molecular weight excluding hydrogens is 244 g/mol. The lowest BCUT2D eigenvalue weighted by molar-refractivity contribution is -0.122. The second-order valence-corrected chi connectivity index (χ2v) is 4.77. The molecule has 19 heavy (non-hydrogen) atoms. The van der Waals surface area contributed by atoms with Gasteiger partial charge in [-0.25, -0.2) is 0 Å². The molecule has 5 nitrogen and oxygen atoms in total. The molecule has 0 saturated carbocycles. The van der Waals surface area contributed by atoms with Crippen molar-refractivity contribution in [1.29, 1.82) is 0 Å². The molecule has 0 aliphatic rings. The van der Waals surface area contributed by atoms with Crippen LogP contribution >= 0.6 is 0 Å². The van der Waals surface area contributed by atoms with E-state index in [0.29, 0.717) is 18.0 Å². The monoisotopic (exact) mass is 266 g/mol. The lowest BCUT2D eigenvalue weighted by Gasteiger charge is -2.19. The Morgan fingerprint density at radius 2 is 2.00 bits per heavy atom. The zero-order valence-electron chi connectivity index (χ0n) is 11.4. The van der Waals surface area contributed by atoms with Crippen LogP contribution < -0.4 is 15.8 Å². The van der Waals surface area contributed by atoms with Crippen LogP contribution in [0.25, 0.3) is 0 Å². The van der Waals surface area contributed by atoms with Crippen LogP contribution in [0.2, 0.25) is 0 Å². The Kier molecular flexibility index (Phi) is 6.15. The van der Waals surface area contributed by atoms with E-state index >= 15 is 0 Å². The van der Waals surface area contributed by atoms with Gasteiger partial charge in [0.1, 0.15) is 5.75 Å². The van der Waals surface area contributed by atoms with Gasteiger partial charge in [-0.05, 0) is 30.2 Å². The maximum atomic E-state index is 11.6. The average Bonchev–Trinajstić information content (AvgIpc) is 2.38. The quantitative estimate of drug-likeness (QED) is 0.647. The van der Waals surface area contributed by atoms with E-state index in [9.17, 15) is 4.79 Å². The molecule has 0 aliphatic heterocycles. The van der Waals surface area contributed by atoms with Gasteiger partial charge in [-0.2, -0.15) is 0 Å². The molecule has 1 aromatic carbocycles. The molecular formula is C14H22N2O3. The summed E-state index contributed by atoms with van der Waals surface area (Å²) in [5.74, 6) is 0.764. The molecule has 0 bridgehead atoms. The van der Waals surface area contributed by atoms with E-state index in [1.54, 1.807) is 24.3 Å². The van der Waals surface area contributed by atoms with E-state index < -0.39 is 0 Å². The number of anilines is 1. The lowest BCUT2D eigenvalue weighted by atomic mass is 10.1. The van der Waals surface area contributed by atoms with Crippen LogP contribution in [0.5, 0.6) is 5.75 Å². The number of benzene rings is 1. The fraction of sp³-hybridized carbons (Fsp3) is 0.500. The van der Waals surface area contributed by atoms with Gasteiger partial charge in [0.2, 0.25) is 5.91 Å². The van der Waals surface area contributed by atoms with Crippen LogP contribution in [-0.2, 0) is 4.79 Å². The van der Waals surface area contributed by atoms with E-state index in [1.165, 1.54) is 0 Å². The topological polar surface area (TPSA) is 84.6 Å². The number of nitrogens with two attached hydrogens (primary N) is 1. The van der Waals surface area contributed by atoms with Gasteiger partial charge in [0, 0.05) is 5.69 Å². The molecule has 0 unspecified atom stereocenters. The minimum atomic E-state index is -0.205. The summed E-state index contributed by atoms with van der Waals surface area (Å²) in [5, 5.41) is 11.9. The SMILES string of the molecule is CC(C)[C@@H](CO)NC(=O)CCOc1ccc(N)cc1. The summed E-state index contributed by atoms with van der Waals surface area (Å²) in [7, 11) is 0. The molecule has 5 heteroatoms. The van der Waals surface area contributed by atoms with Crippen molar-refractivity contribution in [3.8, 4) is 5.75 Å². The number of ether oxygens (including phenoxy) is 1. The van der Waals surface area contributed by atoms with Crippen molar-refractivity contribution in [3.63, 3.8) is 0 Å².